The Balaban J connectivity index is 1.96. The number of aromatic nitrogens is 1. The number of carbonyl (C=O) groups excluding carboxylic acids is 1. The summed E-state index contributed by atoms with van der Waals surface area (Å²) in [6.07, 6.45) is 1.78. The first-order chi connectivity index (χ1) is 9.65. The summed E-state index contributed by atoms with van der Waals surface area (Å²) < 4.78 is 0. The number of amides is 1. The topological polar surface area (TPSA) is 45.2 Å². The van der Waals surface area contributed by atoms with Gasteiger partial charge in [-0.15, -0.1) is 0 Å². The number of rotatable bonds is 2. The standard InChI is InChI=1S/C15H16ClN3O/c1-10-15(20)18-5-6-19(10)9-12-8-13(16)7-11-3-2-4-17-14(11)12/h2-4,7-8,10H,5-6,9H2,1H3,(H,18,20). The van der Waals surface area contributed by atoms with Gasteiger partial charge in [-0.25, -0.2) is 0 Å². The van der Waals surface area contributed by atoms with E-state index in [4.69, 9.17) is 11.6 Å². The maximum absolute atomic E-state index is 11.7. The van der Waals surface area contributed by atoms with Crippen LogP contribution in [-0.4, -0.2) is 34.9 Å². The van der Waals surface area contributed by atoms with Gasteiger partial charge < -0.3 is 5.32 Å². The van der Waals surface area contributed by atoms with Gasteiger partial charge in [0.2, 0.25) is 5.91 Å². The Labute approximate surface area is 122 Å². The minimum atomic E-state index is -0.124. The van der Waals surface area contributed by atoms with Crippen LogP contribution in [0, 0.1) is 0 Å². The molecule has 20 heavy (non-hydrogen) atoms. The molecule has 0 saturated carbocycles. The second-order valence-electron chi connectivity index (χ2n) is 5.08. The molecule has 1 aromatic heterocycles. The average Bonchev–Trinajstić information content (AvgIpc) is 2.43. The molecule has 0 bridgehead atoms. The molecule has 104 valence electrons. The molecule has 1 aliphatic rings. The molecule has 1 unspecified atom stereocenters. The molecule has 1 aliphatic heterocycles. The van der Waals surface area contributed by atoms with Crippen molar-refractivity contribution in [1.82, 2.24) is 15.2 Å². The van der Waals surface area contributed by atoms with E-state index in [1.165, 1.54) is 0 Å². The van der Waals surface area contributed by atoms with Crippen molar-refractivity contribution in [3.8, 4) is 0 Å². The van der Waals surface area contributed by atoms with Crippen molar-refractivity contribution in [3.63, 3.8) is 0 Å². The van der Waals surface area contributed by atoms with Crippen molar-refractivity contribution in [2.45, 2.75) is 19.5 Å². The van der Waals surface area contributed by atoms with Gasteiger partial charge in [-0.3, -0.25) is 14.7 Å². The van der Waals surface area contributed by atoms with Crippen LogP contribution in [0.15, 0.2) is 30.5 Å². The monoisotopic (exact) mass is 289 g/mol. The Bertz CT molecular complexity index is 659. The first kappa shape index (κ1) is 13.3. The summed E-state index contributed by atoms with van der Waals surface area (Å²) >= 11 is 6.18. The van der Waals surface area contributed by atoms with Gasteiger partial charge in [0.15, 0.2) is 0 Å². The summed E-state index contributed by atoms with van der Waals surface area (Å²) in [5.41, 5.74) is 2.02. The third-order valence-corrected chi connectivity index (χ3v) is 3.97. The van der Waals surface area contributed by atoms with E-state index in [-0.39, 0.29) is 11.9 Å². The maximum atomic E-state index is 11.7. The number of pyridine rings is 1. The third kappa shape index (κ3) is 2.49. The highest BCUT2D eigenvalue weighted by molar-refractivity contribution is 6.31. The molecule has 1 atom stereocenters. The van der Waals surface area contributed by atoms with Gasteiger partial charge in [-0.05, 0) is 30.7 Å². The SMILES string of the molecule is CC1C(=O)NCCN1Cc1cc(Cl)cc2cccnc12. The summed E-state index contributed by atoms with van der Waals surface area (Å²) in [6.45, 7) is 4.14. The number of piperazine rings is 1. The molecule has 0 aliphatic carbocycles. The van der Waals surface area contributed by atoms with E-state index in [0.717, 1.165) is 23.0 Å². The predicted molar refractivity (Wildman–Crippen MR) is 79.6 cm³/mol. The lowest BCUT2D eigenvalue weighted by atomic mass is 10.1. The zero-order valence-electron chi connectivity index (χ0n) is 11.3. The number of nitrogens with zero attached hydrogens (tertiary/aromatic N) is 2. The van der Waals surface area contributed by atoms with E-state index in [9.17, 15) is 4.79 Å². The van der Waals surface area contributed by atoms with Crippen LogP contribution in [0.1, 0.15) is 12.5 Å². The van der Waals surface area contributed by atoms with Crippen LogP contribution in [0.2, 0.25) is 5.02 Å². The van der Waals surface area contributed by atoms with Gasteiger partial charge >= 0.3 is 0 Å². The quantitative estimate of drug-likeness (QED) is 0.922. The highest BCUT2D eigenvalue weighted by Gasteiger charge is 2.25. The number of hydrogen-bond donors (Lipinski definition) is 1. The Hall–Kier alpha value is -1.65. The van der Waals surface area contributed by atoms with E-state index >= 15 is 0 Å². The Morgan fingerprint density at radius 3 is 3.20 bits per heavy atom. The molecule has 0 radical (unpaired) electrons. The van der Waals surface area contributed by atoms with Crippen LogP contribution < -0.4 is 5.32 Å². The molecule has 5 heteroatoms. The fourth-order valence-corrected chi connectivity index (χ4v) is 2.86. The van der Waals surface area contributed by atoms with E-state index in [1.807, 2.05) is 31.2 Å². The molecule has 1 fully saturated rings. The Morgan fingerprint density at radius 2 is 2.35 bits per heavy atom. The molecule has 1 aromatic carbocycles. The maximum Gasteiger partial charge on any atom is 0.237 e. The van der Waals surface area contributed by atoms with Gasteiger partial charge in [0.05, 0.1) is 11.6 Å². The molecule has 1 N–H and O–H groups in total. The average molecular weight is 290 g/mol. The third-order valence-electron chi connectivity index (χ3n) is 3.75. The van der Waals surface area contributed by atoms with Crippen molar-refractivity contribution >= 4 is 28.4 Å². The smallest absolute Gasteiger partial charge is 0.237 e. The van der Waals surface area contributed by atoms with Crippen molar-refractivity contribution in [2.24, 2.45) is 0 Å². The van der Waals surface area contributed by atoms with E-state index < -0.39 is 0 Å². The molecule has 3 rings (SSSR count). The largest absolute Gasteiger partial charge is 0.353 e. The first-order valence-corrected chi connectivity index (χ1v) is 7.08. The molecular formula is C15H16ClN3O. The molecule has 2 heterocycles. The molecule has 4 nitrogen and oxygen atoms in total. The number of halogens is 1. The molecule has 0 spiro atoms. The van der Waals surface area contributed by atoms with Crippen LogP contribution in [-0.2, 0) is 11.3 Å². The minimum Gasteiger partial charge on any atom is -0.353 e. The summed E-state index contributed by atoms with van der Waals surface area (Å²) in [7, 11) is 0. The van der Waals surface area contributed by atoms with E-state index in [0.29, 0.717) is 18.1 Å². The predicted octanol–water partition coefficient (Wildman–Crippen LogP) is 2.21. The van der Waals surface area contributed by atoms with Crippen LogP contribution >= 0.6 is 11.6 Å². The normalized spacial score (nSPS) is 20.1. The van der Waals surface area contributed by atoms with Gasteiger partial charge in [0, 0.05) is 36.2 Å². The number of benzene rings is 1. The van der Waals surface area contributed by atoms with Crippen molar-refractivity contribution in [1.29, 1.82) is 0 Å². The Kier molecular flexibility index (Phi) is 3.59. The van der Waals surface area contributed by atoms with Crippen molar-refractivity contribution < 1.29 is 4.79 Å². The molecular weight excluding hydrogens is 274 g/mol. The first-order valence-electron chi connectivity index (χ1n) is 6.70. The second-order valence-corrected chi connectivity index (χ2v) is 5.51. The summed E-state index contributed by atoms with van der Waals surface area (Å²) in [5, 5.41) is 4.61. The molecule has 1 amide bonds. The lowest BCUT2D eigenvalue weighted by Gasteiger charge is -2.32. The van der Waals surface area contributed by atoms with Crippen molar-refractivity contribution in [2.75, 3.05) is 13.1 Å². The van der Waals surface area contributed by atoms with Crippen LogP contribution in [0.3, 0.4) is 0 Å². The lowest BCUT2D eigenvalue weighted by molar-refractivity contribution is -0.128. The van der Waals surface area contributed by atoms with Gasteiger partial charge in [0.1, 0.15) is 0 Å². The van der Waals surface area contributed by atoms with Crippen LogP contribution in [0.5, 0.6) is 0 Å². The van der Waals surface area contributed by atoms with Gasteiger partial charge in [0.25, 0.3) is 0 Å². The second kappa shape index (κ2) is 5.38. The highest BCUT2D eigenvalue weighted by Crippen LogP contribution is 2.24. The number of nitrogens with one attached hydrogen (secondary N) is 1. The summed E-state index contributed by atoms with van der Waals surface area (Å²) in [6, 6.07) is 7.64. The lowest BCUT2D eigenvalue weighted by Crippen LogP contribution is -2.53. The Morgan fingerprint density at radius 1 is 1.50 bits per heavy atom. The summed E-state index contributed by atoms with van der Waals surface area (Å²) in [4.78, 5) is 18.3. The molecule has 2 aromatic rings. The number of fused-ring (bicyclic) bond motifs is 1. The zero-order valence-corrected chi connectivity index (χ0v) is 12.0. The zero-order chi connectivity index (χ0) is 14.1. The van der Waals surface area contributed by atoms with E-state index in [2.05, 4.69) is 15.2 Å². The minimum absolute atomic E-state index is 0.0792. The van der Waals surface area contributed by atoms with Gasteiger partial charge in [-0.1, -0.05) is 17.7 Å². The number of carbonyl (C=O) groups is 1. The van der Waals surface area contributed by atoms with Gasteiger partial charge in [-0.2, -0.15) is 0 Å². The van der Waals surface area contributed by atoms with E-state index in [1.54, 1.807) is 6.20 Å². The van der Waals surface area contributed by atoms with Crippen LogP contribution in [0.25, 0.3) is 10.9 Å². The highest BCUT2D eigenvalue weighted by atomic mass is 35.5. The van der Waals surface area contributed by atoms with Crippen LogP contribution in [0.4, 0.5) is 0 Å². The van der Waals surface area contributed by atoms with Crippen molar-refractivity contribution in [3.05, 3.63) is 41.0 Å². The fraction of sp³-hybridized carbons (Fsp3) is 0.333. The molecule has 1 saturated heterocycles. The number of hydrogen-bond acceptors (Lipinski definition) is 3. The summed E-state index contributed by atoms with van der Waals surface area (Å²) in [5.74, 6) is 0.0792. The fourth-order valence-electron chi connectivity index (χ4n) is 2.61.